The van der Waals surface area contributed by atoms with Crippen LogP contribution in [0.25, 0.3) is 0 Å². The third kappa shape index (κ3) is 3.82. The molecule has 0 saturated carbocycles. The Balaban J connectivity index is 2.88. The summed E-state index contributed by atoms with van der Waals surface area (Å²) in [5.41, 5.74) is 6.07. The van der Waals surface area contributed by atoms with Gasteiger partial charge in [0.05, 0.1) is 11.4 Å². The second kappa shape index (κ2) is 5.49. The maximum atomic E-state index is 11.3. The number of likely N-dealkylation sites (N-methyl/N-ethyl adjacent to an activating group) is 1. The van der Waals surface area contributed by atoms with Crippen LogP contribution in [0.3, 0.4) is 0 Å². The summed E-state index contributed by atoms with van der Waals surface area (Å²) in [6, 6.07) is 6.63. The van der Waals surface area contributed by atoms with Gasteiger partial charge in [0.2, 0.25) is 5.91 Å². The van der Waals surface area contributed by atoms with Crippen LogP contribution in [0, 0.1) is 0 Å². The van der Waals surface area contributed by atoms with Gasteiger partial charge in [-0.1, -0.05) is 12.1 Å². The van der Waals surface area contributed by atoms with Crippen molar-refractivity contribution in [1.29, 1.82) is 0 Å². The van der Waals surface area contributed by atoms with Crippen molar-refractivity contribution in [3.63, 3.8) is 0 Å². The highest BCUT2D eigenvalue weighted by atomic mass is 32.2. The molecule has 5 nitrogen and oxygen atoms in total. The third-order valence-electron chi connectivity index (χ3n) is 2.86. The molecule has 18 heavy (non-hydrogen) atoms. The molecule has 1 rings (SSSR count). The lowest BCUT2D eigenvalue weighted by Crippen LogP contribution is -2.32. The molecule has 1 aromatic carbocycles. The Hall–Kier alpha value is -1.40. The Morgan fingerprint density at radius 3 is 2.22 bits per heavy atom. The fraction of sp³-hybridized carbons (Fsp3) is 0.417. The Labute approximate surface area is 108 Å². The first-order valence-electron chi connectivity index (χ1n) is 5.50. The van der Waals surface area contributed by atoms with E-state index in [1.54, 1.807) is 36.2 Å². The monoisotopic (exact) mass is 270 g/mol. The van der Waals surface area contributed by atoms with Gasteiger partial charge in [-0.2, -0.15) is 0 Å². The average Bonchev–Trinajstić information content (AvgIpc) is 2.26. The average molecular weight is 270 g/mol. The van der Waals surface area contributed by atoms with Crippen molar-refractivity contribution in [1.82, 2.24) is 4.90 Å². The standard InChI is InChI=1S/C12H18N2O3S/c1-9(14(2)8-12(13)15)10-4-6-11(7-5-10)18(3,16)17/h4-7,9H,8H2,1-3H3,(H2,13,15). The van der Waals surface area contributed by atoms with Gasteiger partial charge in [-0.05, 0) is 31.7 Å². The molecule has 0 spiro atoms. The van der Waals surface area contributed by atoms with E-state index in [2.05, 4.69) is 0 Å². The summed E-state index contributed by atoms with van der Waals surface area (Å²) in [5.74, 6) is -0.392. The molecule has 0 bridgehead atoms. The molecule has 1 aromatic rings. The van der Waals surface area contributed by atoms with Crippen LogP contribution in [0.2, 0.25) is 0 Å². The van der Waals surface area contributed by atoms with Crippen molar-refractivity contribution in [2.45, 2.75) is 17.9 Å². The Morgan fingerprint density at radius 2 is 1.83 bits per heavy atom. The van der Waals surface area contributed by atoms with E-state index in [0.29, 0.717) is 0 Å². The summed E-state index contributed by atoms with van der Waals surface area (Å²) >= 11 is 0. The van der Waals surface area contributed by atoms with E-state index in [9.17, 15) is 13.2 Å². The number of sulfone groups is 1. The molecular formula is C12H18N2O3S. The number of rotatable bonds is 5. The van der Waals surface area contributed by atoms with Crippen LogP contribution in [0.4, 0.5) is 0 Å². The molecule has 0 aromatic heterocycles. The lowest BCUT2D eigenvalue weighted by Gasteiger charge is -2.23. The third-order valence-corrected chi connectivity index (χ3v) is 3.99. The Morgan fingerprint density at radius 1 is 1.33 bits per heavy atom. The molecule has 6 heteroatoms. The molecule has 0 aliphatic heterocycles. The van der Waals surface area contributed by atoms with Gasteiger partial charge in [0.15, 0.2) is 9.84 Å². The van der Waals surface area contributed by atoms with Crippen molar-refractivity contribution in [2.24, 2.45) is 5.73 Å². The smallest absolute Gasteiger partial charge is 0.231 e. The number of amides is 1. The minimum atomic E-state index is -3.17. The zero-order valence-electron chi connectivity index (χ0n) is 10.8. The van der Waals surface area contributed by atoms with Gasteiger partial charge in [0.1, 0.15) is 0 Å². The maximum absolute atomic E-state index is 11.3. The molecule has 100 valence electrons. The highest BCUT2D eigenvalue weighted by molar-refractivity contribution is 7.90. The van der Waals surface area contributed by atoms with Gasteiger partial charge >= 0.3 is 0 Å². The van der Waals surface area contributed by atoms with Crippen molar-refractivity contribution < 1.29 is 13.2 Å². The molecule has 0 aliphatic rings. The largest absolute Gasteiger partial charge is 0.369 e. The minimum absolute atomic E-state index is 0.00823. The predicted octanol–water partition coefficient (Wildman–Crippen LogP) is 0.568. The van der Waals surface area contributed by atoms with Crippen molar-refractivity contribution in [3.8, 4) is 0 Å². The normalized spacial score (nSPS) is 13.6. The summed E-state index contributed by atoms with van der Waals surface area (Å²) in [6.07, 6.45) is 1.17. The fourth-order valence-corrected chi connectivity index (χ4v) is 2.26. The van der Waals surface area contributed by atoms with Crippen LogP contribution in [-0.2, 0) is 14.6 Å². The molecule has 0 radical (unpaired) electrons. The molecule has 0 saturated heterocycles. The summed E-state index contributed by atoms with van der Waals surface area (Å²) in [6.45, 7) is 2.09. The van der Waals surface area contributed by atoms with Crippen molar-refractivity contribution in [3.05, 3.63) is 29.8 Å². The highest BCUT2D eigenvalue weighted by Crippen LogP contribution is 2.20. The van der Waals surface area contributed by atoms with Gasteiger partial charge in [-0.25, -0.2) is 8.42 Å². The highest BCUT2D eigenvalue weighted by Gasteiger charge is 2.14. The van der Waals surface area contributed by atoms with E-state index >= 15 is 0 Å². The molecule has 2 N–H and O–H groups in total. The molecular weight excluding hydrogens is 252 g/mol. The minimum Gasteiger partial charge on any atom is -0.369 e. The second-order valence-electron chi connectivity index (χ2n) is 4.40. The van der Waals surface area contributed by atoms with Crippen LogP contribution in [0.15, 0.2) is 29.2 Å². The molecule has 0 aliphatic carbocycles. The number of hydrogen-bond donors (Lipinski definition) is 1. The first-order valence-corrected chi connectivity index (χ1v) is 7.39. The van der Waals surface area contributed by atoms with Crippen LogP contribution in [0.1, 0.15) is 18.5 Å². The first kappa shape index (κ1) is 14.7. The summed E-state index contributed by atoms with van der Waals surface area (Å²) < 4.78 is 22.6. The summed E-state index contributed by atoms with van der Waals surface area (Å²) in [7, 11) is -1.38. The SMILES string of the molecule is CC(c1ccc(S(C)(=O)=O)cc1)N(C)CC(N)=O. The Bertz CT molecular complexity index is 523. The number of benzene rings is 1. The second-order valence-corrected chi connectivity index (χ2v) is 6.41. The lowest BCUT2D eigenvalue weighted by atomic mass is 10.1. The van der Waals surface area contributed by atoms with Gasteiger partial charge in [-0.15, -0.1) is 0 Å². The first-order chi connectivity index (χ1) is 8.21. The zero-order valence-corrected chi connectivity index (χ0v) is 11.6. The molecule has 0 fully saturated rings. The number of nitrogens with zero attached hydrogens (tertiary/aromatic N) is 1. The number of carbonyl (C=O) groups excluding carboxylic acids is 1. The van der Waals surface area contributed by atoms with Crippen LogP contribution in [-0.4, -0.2) is 39.1 Å². The van der Waals surface area contributed by atoms with E-state index in [-0.39, 0.29) is 17.5 Å². The van der Waals surface area contributed by atoms with E-state index in [1.165, 1.54) is 6.26 Å². The van der Waals surface area contributed by atoms with Crippen LogP contribution in [0.5, 0.6) is 0 Å². The Kier molecular flexibility index (Phi) is 4.48. The van der Waals surface area contributed by atoms with E-state index < -0.39 is 15.7 Å². The zero-order chi connectivity index (χ0) is 13.9. The molecule has 1 atom stereocenters. The van der Waals surface area contributed by atoms with Gasteiger partial charge in [-0.3, -0.25) is 9.69 Å². The van der Waals surface area contributed by atoms with E-state index in [4.69, 9.17) is 5.73 Å². The number of carbonyl (C=O) groups is 1. The number of primary amides is 1. The number of hydrogen-bond acceptors (Lipinski definition) is 4. The number of nitrogens with two attached hydrogens (primary N) is 1. The summed E-state index contributed by atoms with van der Waals surface area (Å²) in [4.78, 5) is 12.9. The molecule has 1 amide bonds. The summed E-state index contributed by atoms with van der Waals surface area (Å²) in [5, 5.41) is 0. The predicted molar refractivity (Wildman–Crippen MR) is 69.8 cm³/mol. The van der Waals surface area contributed by atoms with Gasteiger partial charge in [0.25, 0.3) is 0 Å². The van der Waals surface area contributed by atoms with Crippen molar-refractivity contribution >= 4 is 15.7 Å². The van der Waals surface area contributed by atoms with Gasteiger partial charge in [0, 0.05) is 12.3 Å². The van der Waals surface area contributed by atoms with Crippen LogP contribution < -0.4 is 5.73 Å². The van der Waals surface area contributed by atoms with Gasteiger partial charge < -0.3 is 5.73 Å². The van der Waals surface area contributed by atoms with E-state index in [1.807, 2.05) is 6.92 Å². The van der Waals surface area contributed by atoms with Crippen LogP contribution >= 0.6 is 0 Å². The van der Waals surface area contributed by atoms with E-state index in [0.717, 1.165) is 5.56 Å². The maximum Gasteiger partial charge on any atom is 0.231 e. The van der Waals surface area contributed by atoms with Crippen molar-refractivity contribution in [2.75, 3.05) is 19.8 Å². The quantitative estimate of drug-likeness (QED) is 0.848. The lowest BCUT2D eigenvalue weighted by molar-refractivity contribution is -0.119. The molecule has 1 unspecified atom stereocenters. The topological polar surface area (TPSA) is 80.5 Å². The fourth-order valence-electron chi connectivity index (χ4n) is 1.63. The molecule has 0 heterocycles.